The summed E-state index contributed by atoms with van der Waals surface area (Å²) in [5.41, 5.74) is 2.45. The Labute approximate surface area is 119 Å². The van der Waals surface area contributed by atoms with E-state index in [-0.39, 0.29) is 5.91 Å². The Balaban J connectivity index is 1.70. The zero-order valence-electron chi connectivity index (χ0n) is 11.2. The molecule has 4 heteroatoms. The van der Waals surface area contributed by atoms with Crippen LogP contribution in [0, 0.1) is 0 Å². The topological polar surface area (TPSA) is 23.6 Å². The summed E-state index contributed by atoms with van der Waals surface area (Å²) in [6.07, 6.45) is 2.18. The largest absolute Gasteiger partial charge is 0.311 e. The van der Waals surface area contributed by atoms with Gasteiger partial charge >= 0.3 is 0 Å². The first-order chi connectivity index (χ1) is 9.34. The van der Waals surface area contributed by atoms with Gasteiger partial charge in [-0.3, -0.25) is 9.69 Å². The molecule has 1 saturated heterocycles. The van der Waals surface area contributed by atoms with Gasteiger partial charge in [0.15, 0.2) is 0 Å². The molecule has 2 aliphatic heterocycles. The lowest BCUT2D eigenvalue weighted by atomic mass is 10.0. The molecule has 0 bridgehead atoms. The molecule has 3 nitrogen and oxygen atoms in total. The van der Waals surface area contributed by atoms with E-state index in [4.69, 9.17) is 0 Å². The molecule has 3 rings (SSSR count). The molecule has 0 radical (unpaired) electrons. The minimum Gasteiger partial charge on any atom is -0.311 e. The van der Waals surface area contributed by atoms with Crippen LogP contribution >= 0.6 is 11.8 Å². The van der Waals surface area contributed by atoms with Gasteiger partial charge in [-0.2, -0.15) is 11.8 Å². The first-order valence-corrected chi connectivity index (χ1v) is 8.18. The monoisotopic (exact) mass is 276 g/mol. The Kier molecular flexibility index (Phi) is 4.09. The molecule has 0 aromatic heterocycles. The number of carbonyl (C=O) groups is 1. The van der Waals surface area contributed by atoms with Gasteiger partial charge in [-0.15, -0.1) is 0 Å². The van der Waals surface area contributed by atoms with Crippen molar-refractivity contribution in [3.05, 3.63) is 29.8 Å². The molecule has 1 aromatic carbocycles. The number of nitrogens with zero attached hydrogens (tertiary/aromatic N) is 2. The molecule has 0 spiro atoms. The van der Waals surface area contributed by atoms with Crippen LogP contribution in [0.1, 0.15) is 12.0 Å². The summed E-state index contributed by atoms with van der Waals surface area (Å²) in [4.78, 5) is 16.8. The molecule has 0 atom stereocenters. The molecule has 1 amide bonds. The molecule has 1 fully saturated rings. The van der Waals surface area contributed by atoms with E-state index in [0.717, 1.165) is 49.7 Å². The molecule has 2 heterocycles. The van der Waals surface area contributed by atoms with Crippen LogP contribution in [0.5, 0.6) is 0 Å². The number of carbonyl (C=O) groups excluding carboxylic acids is 1. The van der Waals surface area contributed by atoms with Gasteiger partial charge in [0.2, 0.25) is 5.91 Å². The van der Waals surface area contributed by atoms with E-state index in [1.807, 2.05) is 22.7 Å². The Morgan fingerprint density at radius 2 is 1.95 bits per heavy atom. The van der Waals surface area contributed by atoms with Gasteiger partial charge in [0.1, 0.15) is 0 Å². The molecule has 0 aliphatic carbocycles. The number of hydrogen-bond donors (Lipinski definition) is 0. The van der Waals surface area contributed by atoms with Gasteiger partial charge in [-0.05, 0) is 24.5 Å². The predicted octanol–water partition coefficient (Wildman–Crippen LogP) is 2.01. The van der Waals surface area contributed by atoms with Crippen molar-refractivity contribution in [2.45, 2.75) is 12.8 Å². The average Bonchev–Trinajstić information content (AvgIpc) is 2.47. The molecule has 0 N–H and O–H groups in total. The van der Waals surface area contributed by atoms with Crippen LogP contribution in [0.3, 0.4) is 0 Å². The van der Waals surface area contributed by atoms with Crippen LogP contribution in [0.25, 0.3) is 0 Å². The van der Waals surface area contributed by atoms with Gasteiger partial charge in [0, 0.05) is 36.8 Å². The number of para-hydroxylation sites is 1. The first-order valence-electron chi connectivity index (χ1n) is 7.03. The number of amides is 1. The van der Waals surface area contributed by atoms with Crippen molar-refractivity contribution in [3.63, 3.8) is 0 Å². The summed E-state index contributed by atoms with van der Waals surface area (Å²) >= 11 is 1.98. The second kappa shape index (κ2) is 5.97. The van der Waals surface area contributed by atoms with Crippen LogP contribution in [-0.2, 0) is 11.2 Å². The Bertz CT molecular complexity index is 457. The normalized spacial score (nSPS) is 20.1. The van der Waals surface area contributed by atoms with Gasteiger partial charge in [-0.25, -0.2) is 0 Å². The van der Waals surface area contributed by atoms with Crippen molar-refractivity contribution in [1.29, 1.82) is 0 Å². The summed E-state index contributed by atoms with van der Waals surface area (Å²) in [5, 5.41) is 0. The van der Waals surface area contributed by atoms with Crippen molar-refractivity contribution in [3.8, 4) is 0 Å². The Morgan fingerprint density at radius 1 is 1.16 bits per heavy atom. The van der Waals surface area contributed by atoms with Crippen molar-refractivity contribution < 1.29 is 4.79 Å². The molecule has 0 saturated carbocycles. The SMILES string of the molecule is O=C(CN1CCSCC1)N1CCCc2ccccc21. The van der Waals surface area contributed by atoms with E-state index >= 15 is 0 Å². The minimum absolute atomic E-state index is 0.263. The van der Waals surface area contributed by atoms with E-state index in [9.17, 15) is 4.79 Å². The number of anilines is 1. The Hall–Kier alpha value is -1.00. The van der Waals surface area contributed by atoms with Crippen molar-refractivity contribution in [1.82, 2.24) is 4.90 Å². The number of thioether (sulfide) groups is 1. The maximum Gasteiger partial charge on any atom is 0.241 e. The highest BCUT2D eigenvalue weighted by molar-refractivity contribution is 7.99. The lowest BCUT2D eigenvalue weighted by Crippen LogP contribution is -2.45. The van der Waals surface area contributed by atoms with Gasteiger partial charge in [0.25, 0.3) is 0 Å². The third-order valence-corrected chi connectivity index (χ3v) is 4.82. The van der Waals surface area contributed by atoms with Crippen molar-refractivity contribution >= 4 is 23.4 Å². The number of hydrogen-bond acceptors (Lipinski definition) is 3. The van der Waals surface area contributed by atoms with Crippen LogP contribution in [-0.4, -0.2) is 48.5 Å². The van der Waals surface area contributed by atoms with Crippen LogP contribution in [0.2, 0.25) is 0 Å². The molecule has 0 unspecified atom stereocenters. The molecule has 102 valence electrons. The lowest BCUT2D eigenvalue weighted by Gasteiger charge is -2.32. The van der Waals surface area contributed by atoms with Gasteiger partial charge < -0.3 is 4.90 Å². The van der Waals surface area contributed by atoms with Gasteiger partial charge in [-0.1, -0.05) is 18.2 Å². The molecule has 2 aliphatic rings. The summed E-state index contributed by atoms with van der Waals surface area (Å²) in [6.45, 7) is 3.55. The number of benzene rings is 1. The highest BCUT2D eigenvalue weighted by Gasteiger charge is 2.24. The van der Waals surface area contributed by atoms with Crippen molar-refractivity contribution in [2.75, 3.05) is 42.6 Å². The fourth-order valence-electron chi connectivity index (χ4n) is 2.83. The van der Waals surface area contributed by atoms with E-state index in [0.29, 0.717) is 6.54 Å². The fraction of sp³-hybridized carbons (Fsp3) is 0.533. The highest BCUT2D eigenvalue weighted by atomic mass is 32.2. The van der Waals surface area contributed by atoms with E-state index in [2.05, 4.69) is 23.1 Å². The quantitative estimate of drug-likeness (QED) is 0.825. The summed E-state index contributed by atoms with van der Waals surface area (Å²) in [7, 11) is 0. The zero-order chi connectivity index (χ0) is 13.1. The first kappa shape index (κ1) is 13.0. The summed E-state index contributed by atoms with van der Waals surface area (Å²) < 4.78 is 0. The lowest BCUT2D eigenvalue weighted by molar-refractivity contribution is -0.119. The van der Waals surface area contributed by atoms with E-state index in [1.165, 1.54) is 5.56 Å². The summed E-state index contributed by atoms with van der Waals surface area (Å²) in [5.74, 6) is 2.58. The maximum absolute atomic E-state index is 12.5. The van der Waals surface area contributed by atoms with Crippen LogP contribution < -0.4 is 4.90 Å². The number of aryl methyl sites for hydroxylation is 1. The number of fused-ring (bicyclic) bond motifs is 1. The third-order valence-electron chi connectivity index (χ3n) is 3.87. The fourth-order valence-corrected chi connectivity index (χ4v) is 3.81. The predicted molar refractivity (Wildman–Crippen MR) is 80.9 cm³/mol. The average molecular weight is 276 g/mol. The smallest absolute Gasteiger partial charge is 0.241 e. The molecular formula is C15H20N2OS. The highest BCUT2D eigenvalue weighted by Crippen LogP contribution is 2.26. The third kappa shape index (κ3) is 2.95. The zero-order valence-corrected chi connectivity index (χ0v) is 12.0. The maximum atomic E-state index is 12.5. The second-order valence-electron chi connectivity index (χ2n) is 5.17. The molecular weight excluding hydrogens is 256 g/mol. The second-order valence-corrected chi connectivity index (χ2v) is 6.39. The minimum atomic E-state index is 0.263. The molecule has 19 heavy (non-hydrogen) atoms. The number of rotatable bonds is 2. The van der Waals surface area contributed by atoms with Crippen LogP contribution in [0.15, 0.2) is 24.3 Å². The summed E-state index contributed by atoms with van der Waals surface area (Å²) in [6, 6.07) is 8.32. The van der Waals surface area contributed by atoms with Crippen molar-refractivity contribution in [2.24, 2.45) is 0 Å². The van der Waals surface area contributed by atoms with Crippen LogP contribution in [0.4, 0.5) is 5.69 Å². The standard InChI is InChI=1S/C15H20N2OS/c18-15(12-16-8-10-19-11-9-16)17-7-3-5-13-4-1-2-6-14(13)17/h1-2,4,6H,3,5,7-12H2. The molecule has 1 aromatic rings. The van der Waals surface area contributed by atoms with E-state index < -0.39 is 0 Å². The Morgan fingerprint density at radius 3 is 2.79 bits per heavy atom. The van der Waals surface area contributed by atoms with E-state index in [1.54, 1.807) is 0 Å². The van der Waals surface area contributed by atoms with Gasteiger partial charge in [0.05, 0.1) is 6.54 Å².